The van der Waals surface area contributed by atoms with Gasteiger partial charge >= 0.3 is 0 Å². The third kappa shape index (κ3) is 3.18. The Morgan fingerprint density at radius 1 is 1.08 bits per heavy atom. The van der Waals surface area contributed by atoms with Crippen LogP contribution in [0.15, 0.2) is 67.0 Å². The van der Waals surface area contributed by atoms with Crippen molar-refractivity contribution in [3.63, 3.8) is 0 Å². The van der Waals surface area contributed by atoms with Crippen LogP contribution in [0.5, 0.6) is 0 Å². The molecule has 4 nitrogen and oxygen atoms in total. The van der Waals surface area contributed by atoms with E-state index >= 15 is 0 Å². The van der Waals surface area contributed by atoms with Gasteiger partial charge in [0.25, 0.3) is 0 Å². The number of carbonyl (C=O) groups is 1. The van der Waals surface area contributed by atoms with Crippen LogP contribution in [0.25, 0.3) is 21.8 Å². The molecule has 0 bridgehead atoms. The van der Waals surface area contributed by atoms with E-state index in [1.807, 2.05) is 30.3 Å². The van der Waals surface area contributed by atoms with E-state index in [0.29, 0.717) is 6.42 Å². The molecule has 2 aromatic heterocycles. The van der Waals surface area contributed by atoms with Gasteiger partial charge in [-0.1, -0.05) is 36.4 Å². The standard InChI is InChI=1S/C22H21N3O/c1-25-15-17(18-10-2-3-12-20(18)25)8-5-13-21(26)24-19-11-4-7-16-9-6-14-23-22(16)19/h2-4,6-7,9-12,14-15H,5,8,13H2,1H3,(H,24,26). The molecule has 4 aromatic rings. The fourth-order valence-corrected chi connectivity index (χ4v) is 3.48. The van der Waals surface area contributed by atoms with Gasteiger partial charge in [0.15, 0.2) is 0 Å². The molecule has 0 atom stereocenters. The van der Waals surface area contributed by atoms with Gasteiger partial charge in [0, 0.05) is 42.2 Å². The second-order valence-electron chi connectivity index (χ2n) is 6.56. The zero-order valence-corrected chi connectivity index (χ0v) is 14.8. The molecule has 0 aliphatic rings. The topological polar surface area (TPSA) is 46.9 Å². The minimum absolute atomic E-state index is 0.0309. The fourth-order valence-electron chi connectivity index (χ4n) is 3.48. The van der Waals surface area contributed by atoms with Gasteiger partial charge in [-0.15, -0.1) is 0 Å². The predicted octanol–water partition coefficient (Wildman–Crippen LogP) is 4.69. The molecule has 4 heteroatoms. The lowest BCUT2D eigenvalue weighted by atomic mass is 10.1. The zero-order valence-electron chi connectivity index (χ0n) is 14.8. The van der Waals surface area contributed by atoms with Crippen molar-refractivity contribution in [3.8, 4) is 0 Å². The first-order chi connectivity index (χ1) is 12.7. The number of rotatable bonds is 5. The van der Waals surface area contributed by atoms with Gasteiger partial charge in [0.1, 0.15) is 0 Å². The Kier molecular flexibility index (Phi) is 4.40. The Labute approximate surface area is 152 Å². The lowest BCUT2D eigenvalue weighted by molar-refractivity contribution is -0.116. The largest absolute Gasteiger partial charge is 0.350 e. The first-order valence-electron chi connectivity index (χ1n) is 8.89. The number of amides is 1. The summed E-state index contributed by atoms with van der Waals surface area (Å²) >= 11 is 0. The number of aromatic nitrogens is 2. The van der Waals surface area contributed by atoms with Gasteiger partial charge in [-0.3, -0.25) is 9.78 Å². The maximum Gasteiger partial charge on any atom is 0.224 e. The van der Waals surface area contributed by atoms with Crippen molar-refractivity contribution in [3.05, 3.63) is 72.6 Å². The van der Waals surface area contributed by atoms with Gasteiger partial charge in [-0.25, -0.2) is 0 Å². The van der Waals surface area contributed by atoms with Gasteiger partial charge in [0.2, 0.25) is 5.91 Å². The molecule has 0 radical (unpaired) electrons. The Balaban J connectivity index is 1.41. The third-order valence-corrected chi connectivity index (χ3v) is 4.74. The monoisotopic (exact) mass is 343 g/mol. The summed E-state index contributed by atoms with van der Waals surface area (Å²) in [6.07, 6.45) is 6.11. The fraction of sp³-hybridized carbons (Fsp3) is 0.182. The Bertz CT molecular complexity index is 1080. The number of pyridine rings is 1. The Morgan fingerprint density at radius 2 is 1.92 bits per heavy atom. The first kappa shape index (κ1) is 16.3. The molecule has 0 aliphatic heterocycles. The number of carbonyl (C=O) groups excluding carboxylic acids is 1. The zero-order chi connectivity index (χ0) is 17.9. The minimum atomic E-state index is 0.0309. The van der Waals surface area contributed by atoms with E-state index in [1.165, 1.54) is 16.5 Å². The van der Waals surface area contributed by atoms with Crippen LogP contribution in [0.3, 0.4) is 0 Å². The smallest absolute Gasteiger partial charge is 0.224 e. The van der Waals surface area contributed by atoms with Crippen molar-refractivity contribution in [2.45, 2.75) is 19.3 Å². The Morgan fingerprint density at radius 3 is 2.85 bits per heavy atom. The summed E-state index contributed by atoms with van der Waals surface area (Å²) in [5, 5.41) is 5.31. The maximum absolute atomic E-state index is 12.4. The predicted molar refractivity (Wildman–Crippen MR) is 106 cm³/mol. The van der Waals surface area contributed by atoms with Crippen LogP contribution in [0, 0.1) is 0 Å². The van der Waals surface area contributed by atoms with Gasteiger partial charge in [0.05, 0.1) is 11.2 Å². The molecule has 0 spiro atoms. The minimum Gasteiger partial charge on any atom is -0.350 e. The van der Waals surface area contributed by atoms with Crippen LogP contribution >= 0.6 is 0 Å². The number of para-hydroxylation sites is 2. The highest BCUT2D eigenvalue weighted by Gasteiger charge is 2.09. The molecular weight excluding hydrogens is 322 g/mol. The number of hydrogen-bond donors (Lipinski definition) is 1. The van der Waals surface area contributed by atoms with Crippen LogP contribution in [-0.2, 0) is 18.3 Å². The van der Waals surface area contributed by atoms with E-state index in [9.17, 15) is 4.79 Å². The molecule has 0 unspecified atom stereocenters. The van der Waals surface area contributed by atoms with E-state index in [1.54, 1.807) is 6.20 Å². The SMILES string of the molecule is Cn1cc(CCCC(=O)Nc2cccc3cccnc23)c2ccccc21. The molecule has 0 saturated carbocycles. The normalized spacial score (nSPS) is 11.1. The third-order valence-electron chi connectivity index (χ3n) is 4.74. The number of nitrogens with zero attached hydrogens (tertiary/aromatic N) is 2. The lowest BCUT2D eigenvalue weighted by Crippen LogP contribution is -2.12. The molecule has 0 fully saturated rings. The number of nitrogens with one attached hydrogen (secondary N) is 1. The van der Waals surface area contributed by atoms with Crippen LogP contribution in [0.2, 0.25) is 0 Å². The van der Waals surface area contributed by atoms with E-state index in [2.05, 4.69) is 52.4 Å². The maximum atomic E-state index is 12.4. The molecule has 2 aromatic carbocycles. The number of hydrogen-bond acceptors (Lipinski definition) is 2. The summed E-state index contributed by atoms with van der Waals surface area (Å²) in [4.78, 5) is 16.8. The second-order valence-corrected chi connectivity index (χ2v) is 6.56. The summed E-state index contributed by atoms with van der Waals surface area (Å²) in [6, 6.07) is 18.1. The van der Waals surface area contributed by atoms with Crippen LogP contribution in [0.1, 0.15) is 18.4 Å². The van der Waals surface area contributed by atoms with Crippen molar-refractivity contribution in [1.82, 2.24) is 9.55 Å². The molecule has 2 heterocycles. The lowest BCUT2D eigenvalue weighted by Gasteiger charge is -2.08. The van der Waals surface area contributed by atoms with Crippen molar-refractivity contribution in [2.75, 3.05) is 5.32 Å². The van der Waals surface area contributed by atoms with Crippen LogP contribution < -0.4 is 5.32 Å². The van der Waals surface area contributed by atoms with E-state index in [4.69, 9.17) is 0 Å². The summed E-state index contributed by atoms with van der Waals surface area (Å²) in [7, 11) is 2.06. The average molecular weight is 343 g/mol. The molecular formula is C22H21N3O. The van der Waals surface area contributed by atoms with Gasteiger partial charge in [-0.2, -0.15) is 0 Å². The molecule has 0 saturated heterocycles. The first-order valence-corrected chi connectivity index (χ1v) is 8.89. The van der Waals surface area contributed by atoms with Crippen LogP contribution in [0.4, 0.5) is 5.69 Å². The average Bonchev–Trinajstić information content (AvgIpc) is 2.98. The quantitative estimate of drug-likeness (QED) is 0.571. The molecule has 1 amide bonds. The summed E-state index contributed by atoms with van der Waals surface area (Å²) in [5.41, 5.74) is 4.13. The summed E-state index contributed by atoms with van der Waals surface area (Å²) in [6.45, 7) is 0. The van der Waals surface area contributed by atoms with Gasteiger partial charge < -0.3 is 9.88 Å². The van der Waals surface area contributed by atoms with E-state index in [-0.39, 0.29) is 5.91 Å². The summed E-state index contributed by atoms with van der Waals surface area (Å²) < 4.78 is 2.15. The summed E-state index contributed by atoms with van der Waals surface area (Å²) in [5.74, 6) is 0.0309. The number of anilines is 1. The van der Waals surface area contributed by atoms with E-state index in [0.717, 1.165) is 29.4 Å². The molecule has 1 N–H and O–H groups in total. The molecule has 4 rings (SSSR count). The Hall–Kier alpha value is -3.14. The van der Waals surface area contributed by atoms with Crippen LogP contribution in [-0.4, -0.2) is 15.5 Å². The molecule has 130 valence electrons. The van der Waals surface area contributed by atoms with Crippen molar-refractivity contribution in [2.24, 2.45) is 7.05 Å². The highest BCUT2D eigenvalue weighted by molar-refractivity contribution is 6.00. The number of fused-ring (bicyclic) bond motifs is 2. The molecule has 26 heavy (non-hydrogen) atoms. The van der Waals surface area contributed by atoms with Crippen molar-refractivity contribution < 1.29 is 4.79 Å². The van der Waals surface area contributed by atoms with Crippen molar-refractivity contribution in [1.29, 1.82) is 0 Å². The highest BCUT2D eigenvalue weighted by Crippen LogP contribution is 2.23. The second kappa shape index (κ2) is 7.00. The number of aryl methyl sites for hydroxylation is 2. The highest BCUT2D eigenvalue weighted by atomic mass is 16.1. The van der Waals surface area contributed by atoms with Gasteiger partial charge in [-0.05, 0) is 36.6 Å². The van der Waals surface area contributed by atoms with Crippen molar-refractivity contribution >= 4 is 33.4 Å². The van der Waals surface area contributed by atoms with E-state index < -0.39 is 0 Å². The number of benzene rings is 2. The molecule has 0 aliphatic carbocycles.